The average Bonchev–Trinajstić information content (AvgIpc) is 3.68. The lowest BCUT2D eigenvalue weighted by atomic mass is 9.79. The molecule has 2 aliphatic rings. The molecule has 1 aliphatic heterocycles. The number of rotatable bonds is 4. The molecule has 5 heteroatoms. The normalized spacial score (nSPS) is 17.1. The van der Waals surface area contributed by atoms with Crippen molar-refractivity contribution in [3.63, 3.8) is 0 Å². The van der Waals surface area contributed by atoms with Crippen LogP contribution in [0.4, 0.5) is 0 Å². The number of para-hydroxylation sites is 3. The number of hydrogen-bond acceptors (Lipinski definition) is 5. The van der Waals surface area contributed by atoms with Crippen LogP contribution in [0.15, 0.2) is 144 Å². The zero-order valence-corrected chi connectivity index (χ0v) is 23.6. The van der Waals surface area contributed by atoms with Gasteiger partial charge in [-0.3, -0.25) is 0 Å². The summed E-state index contributed by atoms with van der Waals surface area (Å²) in [5.41, 5.74) is 7.76. The molecule has 2 aromatic heterocycles. The number of benzene rings is 5. The molecule has 2 unspecified atom stereocenters. The predicted octanol–water partition coefficient (Wildman–Crippen LogP) is 9.13. The fourth-order valence-electron chi connectivity index (χ4n) is 6.53. The number of fused-ring (bicyclic) bond motifs is 6. The average molecular weight is 568 g/mol. The minimum Gasteiger partial charge on any atom is -0.484 e. The van der Waals surface area contributed by atoms with Crippen LogP contribution >= 0.6 is 0 Å². The summed E-state index contributed by atoms with van der Waals surface area (Å²) >= 11 is 0. The van der Waals surface area contributed by atoms with Gasteiger partial charge in [0.2, 0.25) is 0 Å². The molecule has 9 rings (SSSR count). The summed E-state index contributed by atoms with van der Waals surface area (Å²) in [6, 6.07) is 43.0. The van der Waals surface area contributed by atoms with Gasteiger partial charge in [-0.05, 0) is 23.8 Å². The van der Waals surface area contributed by atoms with E-state index in [1.54, 1.807) is 0 Å². The van der Waals surface area contributed by atoms with Gasteiger partial charge in [-0.2, -0.15) is 0 Å². The first-order valence-corrected chi connectivity index (χ1v) is 14.8. The quantitative estimate of drug-likeness (QED) is 0.212. The van der Waals surface area contributed by atoms with Crippen LogP contribution in [0.3, 0.4) is 0 Å². The maximum absolute atomic E-state index is 6.66. The summed E-state index contributed by atoms with van der Waals surface area (Å²) < 4.78 is 13.1. The van der Waals surface area contributed by atoms with Gasteiger partial charge in [-0.1, -0.05) is 121 Å². The molecule has 1 aliphatic carbocycles. The Kier molecular flexibility index (Phi) is 5.56. The van der Waals surface area contributed by atoms with E-state index in [2.05, 4.69) is 60.7 Å². The molecule has 5 nitrogen and oxygen atoms in total. The van der Waals surface area contributed by atoms with E-state index < -0.39 is 0 Å². The Hall–Kier alpha value is -5.81. The van der Waals surface area contributed by atoms with Gasteiger partial charge in [-0.15, -0.1) is 0 Å². The molecule has 0 amide bonds. The molecular weight excluding hydrogens is 542 g/mol. The molecule has 5 aromatic carbocycles. The first-order valence-electron chi connectivity index (χ1n) is 14.8. The van der Waals surface area contributed by atoms with Gasteiger partial charge in [-0.25, -0.2) is 15.0 Å². The third-order valence-electron chi connectivity index (χ3n) is 8.57. The van der Waals surface area contributed by atoms with Gasteiger partial charge in [0.1, 0.15) is 23.0 Å². The zero-order chi connectivity index (χ0) is 29.0. The fourth-order valence-corrected chi connectivity index (χ4v) is 6.53. The first-order chi connectivity index (χ1) is 21.8. The van der Waals surface area contributed by atoms with E-state index in [4.69, 9.17) is 24.1 Å². The molecular formula is C39H25N3O2. The van der Waals surface area contributed by atoms with Crippen molar-refractivity contribution in [1.29, 1.82) is 0 Å². The molecule has 0 fully saturated rings. The third-order valence-corrected chi connectivity index (χ3v) is 8.57. The Balaban J connectivity index is 1.28. The Morgan fingerprint density at radius 3 is 2.02 bits per heavy atom. The van der Waals surface area contributed by atoms with E-state index in [9.17, 15) is 0 Å². The zero-order valence-electron chi connectivity index (χ0n) is 23.6. The van der Waals surface area contributed by atoms with Gasteiger partial charge in [0, 0.05) is 33.0 Å². The second-order valence-corrected chi connectivity index (χ2v) is 11.1. The Morgan fingerprint density at radius 1 is 0.500 bits per heavy atom. The molecule has 0 saturated carbocycles. The molecule has 2 atom stereocenters. The van der Waals surface area contributed by atoms with Crippen molar-refractivity contribution >= 4 is 33.1 Å². The molecule has 3 heterocycles. The highest BCUT2D eigenvalue weighted by molar-refractivity contribution is 6.09. The van der Waals surface area contributed by atoms with E-state index in [0.717, 1.165) is 61.1 Å². The number of allylic oxidation sites excluding steroid dienone is 2. The highest BCUT2D eigenvalue weighted by Gasteiger charge is 2.42. The van der Waals surface area contributed by atoms with Crippen molar-refractivity contribution in [2.24, 2.45) is 0 Å². The van der Waals surface area contributed by atoms with Crippen molar-refractivity contribution in [2.45, 2.75) is 12.0 Å². The van der Waals surface area contributed by atoms with Crippen LogP contribution in [-0.4, -0.2) is 21.1 Å². The third kappa shape index (κ3) is 3.90. The Bertz CT molecular complexity index is 2270. The van der Waals surface area contributed by atoms with E-state index in [1.165, 1.54) is 0 Å². The highest BCUT2D eigenvalue weighted by Crippen LogP contribution is 2.51. The van der Waals surface area contributed by atoms with Crippen LogP contribution in [0.25, 0.3) is 55.9 Å². The largest absolute Gasteiger partial charge is 0.484 e. The van der Waals surface area contributed by atoms with Crippen molar-refractivity contribution in [2.75, 3.05) is 0 Å². The van der Waals surface area contributed by atoms with E-state index in [1.807, 2.05) is 78.9 Å². The Labute approximate surface area is 253 Å². The monoisotopic (exact) mass is 567 g/mol. The highest BCUT2D eigenvalue weighted by atomic mass is 16.5. The number of aromatic nitrogens is 3. The molecule has 7 aromatic rings. The minimum atomic E-state index is -0.200. The van der Waals surface area contributed by atoms with Crippen LogP contribution in [0, 0.1) is 0 Å². The lowest BCUT2D eigenvalue weighted by molar-refractivity contribution is 0.281. The molecule has 208 valence electrons. The maximum Gasteiger partial charge on any atom is 0.167 e. The van der Waals surface area contributed by atoms with Gasteiger partial charge in [0.15, 0.2) is 17.5 Å². The molecule has 0 saturated heterocycles. The molecule has 0 N–H and O–H groups in total. The van der Waals surface area contributed by atoms with Gasteiger partial charge in [0.25, 0.3) is 0 Å². The second kappa shape index (κ2) is 9.89. The summed E-state index contributed by atoms with van der Waals surface area (Å²) in [5, 5.41) is 2.10. The maximum atomic E-state index is 6.66. The summed E-state index contributed by atoms with van der Waals surface area (Å²) in [6.45, 7) is 0. The summed E-state index contributed by atoms with van der Waals surface area (Å²) in [6.07, 6.45) is 4.11. The van der Waals surface area contributed by atoms with Crippen molar-refractivity contribution in [3.8, 4) is 28.5 Å². The van der Waals surface area contributed by atoms with Gasteiger partial charge in [0.05, 0.1) is 11.5 Å². The first kappa shape index (κ1) is 24.8. The van der Waals surface area contributed by atoms with Crippen LogP contribution in [-0.2, 0) is 0 Å². The van der Waals surface area contributed by atoms with Crippen LogP contribution in [0.5, 0.6) is 5.75 Å². The second-order valence-electron chi connectivity index (χ2n) is 11.1. The Morgan fingerprint density at radius 2 is 1.16 bits per heavy atom. The molecule has 0 radical (unpaired) electrons. The summed E-state index contributed by atoms with van der Waals surface area (Å²) in [7, 11) is 0. The minimum absolute atomic E-state index is 0.0766. The van der Waals surface area contributed by atoms with Crippen molar-refractivity contribution in [1.82, 2.24) is 15.0 Å². The lowest BCUT2D eigenvalue weighted by Gasteiger charge is -2.27. The summed E-state index contributed by atoms with van der Waals surface area (Å²) in [5.74, 6) is 2.62. The van der Waals surface area contributed by atoms with Gasteiger partial charge >= 0.3 is 0 Å². The number of furan rings is 1. The topological polar surface area (TPSA) is 61.0 Å². The van der Waals surface area contributed by atoms with Crippen LogP contribution < -0.4 is 4.74 Å². The van der Waals surface area contributed by atoms with Crippen molar-refractivity contribution in [3.05, 3.63) is 156 Å². The van der Waals surface area contributed by atoms with Crippen LogP contribution in [0.1, 0.15) is 22.9 Å². The standard InChI is InChI=1S/C39H25N3O2/c1-3-12-24(13-4-1)26-22-23-30(34-29-17-8-10-21-33(29)44-36(26)34)38-40-37(25-14-5-2-6-15-25)41-39(42-38)31-19-11-18-28-27-16-7-9-20-32(27)43-35(28)31/h1-23,34,36H. The molecule has 44 heavy (non-hydrogen) atoms. The number of ether oxygens (including phenoxy) is 1. The number of nitrogens with zero attached hydrogens (tertiary/aromatic N) is 3. The van der Waals surface area contributed by atoms with Crippen LogP contribution in [0.2, 0.25) is 0 Å². The number of hydrogen-bond donors (Lipinski definition) is 0. The fraction of sp³-hybridized carbons (Fsp3) is 0.0513. The lowest BCUT2D eigenvalue weighted by Crippen LogP contribution is -2.25. The molecule has 0 bridgehead atoms. The smallest absolute Gasteiger partial charge is 0.167 e. The predicted molar refractivity (Wildman–Crippen MR) is 174 cm³/mol. The SMILES string of the molecule is C1=C(c2ccccc2)C2Oc3ccccc3C2C(c2nc(-c3ccccc3)nc(-c3cccc4c3oc3ccccc34)n2)=C1. The van der Waals surface area contributed by atoms with E-state index >= 15 is 0 Å². The van der Waals surface area contributed by atoms with E-state index in [-0.39, 0.29) is 12.0 Å². The molecule has 0 spiro atoms. The van der Waals surface area contributed by atoms with Gasteiger partial charge < -0.3 is 9.15 Å². The summed E-state index contributed by atoms with van der Waals surface area (Å²) in [4.78, 5) is 15.3. The van der Waals surface area contributed by atoms with E-state index in [0.29, 0.717) is 17.5 Å². The van der Waals surface area contributed by atoms with Crippen molar-refractivity contribution < 1.29 is 9.15 Å².